The summed E-state index contributed by atoms with van der Waals surface area (Å²) in [6.45, 7) is 4.27. The molecule has 1 amide bonds. The van der Waals surface area contributed by atoms with E-state index in [1.54, 1.807) is 42.5 Å². The number of ether oxygens (including phenoxy) is 1. The van der Waals surface area contributed by atoms with Crippen LogP contribution < -0.4 is 9.64 Å². The molecule has 3 aromatic rings. The van der Waals surface area contributed by atoms with Gasteiger partial charge in [-0.3, -0.25) is 14.5 Å². The van der Waals surface area contributed by atoms with Gasteiger partial charge in [0.25, 0.3) is 11.7 Å². The van der Waals surface area contributed by atoms with Gasteiger partial charge in [0, 0.05) is 16.3 Å². The van der Waals surface area contributed by atoms with Crippen LogP contribution in [0.4, 0.5) is 5.69 Å². The van der Waals surface area contributed by atoms with Crippen molar-refractivity contribution in [1.29, 1.82) is 0 Å². The molecule has 0 aromatic heterocycles. The van der Waals surface area contributed by atoms with Crippen molar-refractivity contribution in [3.05, 3.63) is 100 Å². The Morgan fingerprint density at radius 3 is 2.44 bits per heavy atom. The average Bonchev–Trinajstić information content (AvgIpc) is 3.05. The molecule has 0 spiro atoms. The van der Waals surface area contributed by atoms with Gasteiger partial charge in [-0.05, 0) is 73.5 Å². The van der Waals surface area contributed by atoms with Crippen LogP contribution in [0.1, 0.15) is 29.7 Å². The standard InChI is InChI=1S/C26H22ClNO4/c1-3-32-21-9-5-7-18(15-21)23-22(24(29)17-10-12-19(27)13-11-17)25(30)26(31)28(23)20-8-4-6-16(2)14-20/h4-15,23,29H,3H2,1-2H3/b24-22+. The molecular weight excluding hydrogens is 426 g/mol. The number of anilines is 1. The van der Waals surface area contributed by atoms with Gasteiger partial charge in [0.2, 0.25) is 0 Å². The molecule has 6 heteroatoms. The maximum absolute atomic E-state index is 13.2. The minimum absolute atomic E-state index is 0.0208. The van der Waals surface area contributed by atoms with Crippen LogP contribution in [0.3, 0.4) is 0 Å². The molecule has 4 rings (SSSR count). The summed E-state index contributed by atoms with van der Waals surface area (Å²) in [5.41, 5.74) is 2.61. The van der Waals surface area contributed by atoms with Gasteiger partial charge in [0.15, 0.2) is 0 Å². The van der Waals surface area contributed by atoms with Crippen LogP contribution in [-0.2, 0) is 9.59 Å². The molecule has 1 fully saturated rings. The zero-order chi connectivity index (χ0) is 22.8. The zero-order valence-electron chi connectivity index (χ0n) is 17.7. The summed E-state index contributed by atoms with van der Waals surface area (Å²) in [6.07, 6.45) is 0. The summed E-state index contributed by atoms with van der Waals surface area (Å²) >= 11 is 5.98. The zero-order valence-corrected chi connectivity index (χ0v) is 18.5. The van der Waals surface area contributed by atoms with E-state index in [4.69, 9.17) is 16.3 Å². The van der Waals surface area contributed by atoms with E-state index in [-0.39, 0.29) is 11.3 Å². The van der Waals surface area contributed by atoms with E-state index in [1.165, 1.54) is 4.90 Å². The number of hydrogen-bond acceptors (Lipinski definition) is 4. The van der Waals surface area contributed by atoms with Gasteiger partial charge in [-0.25, -0.2) is 0 Å². The van der Waals surface area contributed by atoms with Gasteiger partial charge in [0.05, 0.1) is 18.2 Å². The normalized spacial score (nSPS) is 17.6. The lowest BCUT2D eigenvalue weighted by Crippen LogP contribution is -2.29. The number of ketones is 1. The summed E-state index contributed by atoms with van der Waals surface area (Å²) in [6, 6.07) is 20.3. The van der Waals surface area contributed by atoms with Gasteiger partial charge in [-0.1, -0.05) is 35.9 Å². The molecule has 32 heavy (non-hydrogen) atoms. The molecule has 1 atom stereocenters. The highest BCUT2D eigenvalue weighted by atomic mass is 35.5. The van der Waals surface area contributed by atoms with Crippen LogP contribution in [0, 0.1) is 6.92 Å². The third kappa shape index (κ3) is 3.99. The van der Waals surface area contributed by atoms with Crippen molar-refractivity contribution in [2.24, 2.45) is 0 Å². The van der Waals surface area contributed by atoms with Crippen LogP contribution >= 0.6 is 11.6 Å². The second kappa shape index (κ2) is 8.89. The van der Waals surface area contributed by atoms with Crippen molar-refractivity contribution >= 4 is 34.7 Å². The molecule has 0 bridgehead atoms. The lowest BCUT2D eigenvalue weighted by Gasteiger charge is -2.26. The molecule has 1 saturated heterocycles. The first-order valence-corrected chi connectivity index (χ1v) is 10.6. The van der Waals surface area contributed by atoms with E-state index >= 15 is 0 Å². The molecular formula is C26H22ClNO4. The van der Waals surface area contributed by atoms with E-state index in [1.807, 2.05) is 44.2 Å². The number of Topliss-reactive ketones (excluding diaryl/α,β-unsaturated/α-hetero) is 1. The minimum atomic E-state index is -0.812. The molecule has 3 aromatic carbocycles. The van der Waals surface area contributed by atoms with E-state index in [0.717, 1.165) is 5.56 Å². The Labute approximate surface area is 191 Å². The van der Waals surface area contributed by atoms with Crippen LogP contribution in [0.5, 0.6) is 5.75 Å². The van der Waals surface area contributed by atoms with E-state index in [0.29, 0.717) is 34.2 Å². The first kappa shape index (κ1) is 21.7. The molecule has 0 radical (unpaired) electrons. The lowest BCUT2D eigenvalue weighted by atomic mass is 9.95. The molecule has 1 unspecified atom stereocenters. The van der Waals surface area contributed by atoms with Gasteiger partial charge in [-0.2, -0.15) is 0 Å². The van der Waals surface area contributed by atoms with Crippen LogP contribution in [-0.4, -0.2) is 23.4 Å². The predicted molar refractivity (Wildman–Crippen MR) is 125 cm³/mol. The topological polar surface area (TPSA) is 66.8 Å². The second-order valence-corrected chi connectivity index (χ2v) is 7.96. The summed E-state index contributed by atoms with van der Waals surface area (Å²) in [5, 5.41) is 11.6. The minimum Gasteiger partial charge on any atom is -0.507 e. The van der Waals surface area contributed by atoms with Crippen molar-refractivity contribution in [1.82, 2.24) is 0 Å². The number of rotatable bonds is 5. The molecule has 0 saturated carbocycles. The first-order valence-electron chi connectivity index (χ1n) is 10.3. The molecule has 1 aliphatic heterocycles. The molecule has 1 heterocycles. The largest absolute Gasteiger partial charge is 0.507 e. The highest BCUT2D eigenvalue weighted by Gasteiger charge is 2.47. The maximum Gasteiger partial charge on any atom is 0.300 e. The quantitative estimate of drug-likeness (QED) is 0.310. The number of halogens is 1. The Hall–Kier alpha value is -3.57. The van der Waals surface area contributed by atoms with Crippen LogP contribution in [0.2, 0.25) is 5.02 Å². The molecule has 5 nitrogen and oxygen atoms in total. The monoisotopic (exact) mass is 447 g/mol. The second-order valence-electron chi connectivity index (χ2n) is 7.52. The summed E-state index contributed by atoms with van der Waals surface area (Å²) in [5.74, 6) is -1.07. The Bertz CT molecular complexity index is 1220. The Balaban J connectivity index is 1.94. The van der Waals surface area contributed by atoms with Gasteiger partial charge in [0.1, 0.15) is 11.5 Å². The summed E-state index contributed by atoms with van der Waals surface area (Å²) in [4.78, 5) is 27.8. The Morgan fingerprint density at radius 2 is 1.75 bits per heavy atom. The number of hydrogen-bond donors (Lipinski definition) is 1. The van der Waals surface area contributed by atoms with Crippen molar-refractivity contribution in [2.75, 3.05) is 11.5 Å². The first-order chi connectivity index (χ1) is 15.4. The third-order valence-corrected chi connectivity index (χ3v) is 5.58. The molecule has 1 N–H and O–H groups in total. The number of benzene rings is 3. The van der Waals surface area contributed by atoms with Gasteiger partial charge >= 0.3 is 0 Å². The highest BCUT2D eigenvalue weighted by Crippen LogP contribution is 2.43. The van der Waals surface area contributed by atoms with E-state index < -0.39 is 17.7 Å². The van der Waals surface area contributed by atoms with Gasteiger partial charge in [-0.15, -0.1) is 0 Å². The summed E-state index contributed by atoms with van der Waals surface area (Å²) in [7, 11) is 0. The smallest absolute Gasteiger partial charge is 0.300 e. The van der Waals surface area contributed by atoms with Crippen LogP contribution in [0.25, 0.3) is 5.76 Å². The maximum atomic E-state index is 13.2. The SMILES string of the molecule is CCOc1cccc(C2/C(=C(\O)c3ccc(Cl)cc3)C(=O)C(=O)N2c2cccc(C)c2)c1. The number of carbonyl (C=O) groups excluding carboxylic acids is 2. The van der Waals surface area contributed by atoms with Crippen molar-refractivity contribution < 1.29 is 19.4 Å². The van der Waals surface area contributed by atoms with E-state index in [9.17, 15) is 14.7 Å². The van der Waals surface area contributed by atoms with Crippen molar-refractivity contribution in [3.63, 3.8) is 0 Å². The van der Waals surface area contributed by atoms with Crippen LogP contribution in [0.15, 0.2) is 78.4 Å². The molecule has 162 valence electrons. The number of amides is 1. The van der Waals surface area contributed by atoms with Crippen molar-refractivity contribution in [2.45, 2.75) is 19.9 Å². The average molecular weight is 448 g/mol. The Morgan fingerprint density at radius 1 is 1.03 bits per heavy atom. The highest BCUT2D eigenvalue weighted by molar-refractivity contribution is 6.51. The number of aliphatic hydroxyl groups is 1. The van der Waals surface area contributed by atoms with E-state index in [2.05, 4.69) is 0 Å². The van der Waals surface area contributed by atoms with Crippen molar-refractivity contribution in [3.8, 4) is 5.75 Å². The fourth-order valence-electron chi connectivity index (χ4n) is 3.90. The summed E-state index contributed by atoms with van der Waals surface area (Å²) < 4.78 is 5.63. The number of nitrogens with zero attached hydrogens (tertiary/aromatic N) is 1. The number of aryl methyl sites for hydroxylation is 1. The fraction of sp³-hybridized carbons (Fsp3) is 0.154. The fourth-order valence-corrected chi connectivity index (χ4v) is 4.02. The molecule has 0 aliphatic carbocycles. The lowest BCUT2D eigenvalue weighted by molar-refractivity contribution is -0.132. The van der Waals surface area contributed by atoms with Gasteiger partial charge < -0.3 is 9.84 Å². The Kier molecular flexibility index (Phi) is 6.01. The molecule has 1 aliphatic rings. The predicted octanol–water partition coefficient (Wildman–Crippen LogP) is 5.67. The third-order valence-electron chi connectivity index (χ3n) is 5.33. The number of carbonyl (C=O) groups is 2. The number of aliphatic hydroxyl groups excluding tert-OH is 1.